The summed E-state index contributed by atoms with van der Waals surface area (Å²) in [5, 5.41) is 3.68. The average molecular weight is 489 g/mol. The van der Waals surface area contributed by atoms with Gasteiger partial charge in [-0.1, -0.05) is 60.2 Å². The lowest BCUT2D eigenvalue weighted by atomic mass is 10.0. The Hall–Kier alpha value is -3.33. The molecule has 2 aromatic heterocycles. The molecule has 1 amide bonds. The van der Waals surface area contributed by atoms with Gasteiger partial charge in [0.2, 0.25) is 5.91 Å². The number of hydrogen-bond acceptors (Lipinski definition) is 6. The van der Waals surface area contributed by atoms with Crippen molar-refractivity contribution >= 4 is 27.5 Å². The van der Waals surface area contributed by atoms with Crippen molar-refractivity contribution in [1.82, 2.24) is 19.8 Å². The molecule has 5 rings (SSSR count). The van der Waals surface area contributed by atoms with E-state index < -0.39 is 0 Å². The van der Waals surface area contributed by atoms with Crippen molar-refractivity contribution in [3.05, 3.63) is 88.5 Å². The molecule has 1 aliphatic rings. The van der Waals surface area contributed by atoms with E-state index in [4.69, 9.17) is 4.74 Å². The summed E-state index contributed by atoms with van der Waals surface area (Å²) in [6.45, 7) is 5.71. The van der Waals surface area contributed by atoms with E-state index in [1.54, 1.807) is 0 Å². The Morgan fingerprint density at radius 2 is 1.86 bits per heavy atom. The Morgan fingerprint density at radius 1 is 1.11 bits per heavy atom. The SMILES string of the molecule is Cc1ccc([C@H](CN2CCOCC2)NC(=O)Cn2cnc3sc(-c4ccccc4)cc3c2=O)cc1. The molecule has 0 aliphatic carbocycles. The minimum Gasteiger partial charge on any atom is -0.379 e. The maximum atomic E-state index is 13.1. The van der Waals surface area contributed by atoms with Gasteiger partial charge in [-0.25, -0.2) is 4.98 Å². The first-order valence-electron chi connectivity index (χ1n) is 11.8. The van der Waals surface area contributed by atoms with Crippen molar-refractivity contribution in [3.8, 4) is 10.4 Å². The van der Waals surface area contributed by atoms with E-state index in [0.29, 0.717) is 30.0 Å². The number of carbonyl (C=O) groups excluding carboxylic acids is 1. The number of amides is 1. The van der Waals surface area contributed by atoms with Crippen LogP contribution in [0.25, 0.3) is 20.7 Å². The summed E-state index contributed by atoms with van der Waals surface area (Å²) in [6, 6.07) is 19.8. The third-order valence-electron chi connectivity index (χ3n) is 6.25. The van der Waals surface area contributed by atoms with Crippen LogP contribution in [0.2, 0.25) is 0 Å². The molecule has 1 atom stereocenters. The molecule has 3 heterocycles. The number of thiophene rings is 1. The third-order valence-corrected chi connectivity index (χ3v) is 7.34. The summed E-state index contributed by atoms with van der Waals surface area (Å²) in [5.74, 6) is -0.217. The fourth-order valence-corrected chi connectivity index (χ4v) is 5.28. The summed E-state index contributed by atoms with van der Waals surface area (Å²) >= 11 is 1.48. The van der Waals surface area contributed by atoms with Crippen LogP contribution in [-0.2, 0) is 16.1 Å². The van der Waals surface area contributed by atoms with Gasteiger partial charge in [0.15, 0.2) is 0 Å². The minimum absolute atomic E-state index is 0.0796. The number of nitrogens with one attached hydrogen (secondary N) is 1. The van der Waals surface area contributed by atoms with Gasteiger partial charge in [-0.3, -0.25) is 19.1 Å². The number of aryl methyl sites for hydroxylation is 1. The van der Waals surface area contributed by atoms with Gasteiger partial charge in [0.05, 0.1) is 31.0 Å². The highest BCUT2D eigenvalue weighted by molar-refractivity contribution is 7.21. The van der Waals surface area contributed by atoms with Gasteiger partial charge in [0.1, 0.15) is 11.4 Å². The van der Waals surface area contributed by atoms with E-state index in [9.17, 15) is 9.59 Å². The van der Waals surface area contributed by atoms with Gasteiger partial charge in [0, 0.05) is 24.5 Å². The van der Waals surface area contributed by atoms with Gasteiger partial charge in [-0.2, -0.15) is 0 Å². The highest BCUT2D eigenvalue weighted by Crippen LogP contribution is 2.30. The first-order valence-corrected chi connectivity index (χ1v) is 12.6. The zero-order valence-electron chi connectivity index (χ0n) is 19.6. The number of carbonyl (C=O) groups is 1. The topological polar surface area (TPSA) is 76.5 Å². The molecule has 0 bridgehead atoms. The smallest absolute Gasteiger partial charge is 0.262 e. The fraction of sp³-hybridized carbons (Fsp3) is 0.296. The molecule has 0 saturated carbocycles. The highest BCUT2D eigenvalue weighted by Gasteiger charge is 2.21. The second kappa shape index (κ2) is 10.5. The van der Waals surface area contributed by atoms with Crippen molar-refractivity contribution in [1.29, 1.82) is 0 Å². The molecular weight excluding hydrogens is 460 g/mol. The van der Waals surface area contributed by atoms with Crippen LogP contribution in [0.5, 0.6) is 0 Å². The molecule has 7 nitrogen and oxygen atoms in total. The van der Waals surface area contributed by atoms with Gasteiger partial charge in [0.25, 0.3) is 5.56 Å². The van der Waals surface area contributed by atoms with E-state index >= 15 is 0 Å². The first kappa shape index (κ1) is 23.4. The third kappa shape index (κ3) is 5.51. The van der Waals surface area contributed by atoms with Crippen molar-refractivity contribution < 1.29 is 9.53 Å². The zero-order chi connectivity index (χ0) is 24.2. The lowest BCUT2D eigenvalue weighted by Gasteiger charge is -2.31. The van der Waals surface area contributed by atoms with Gasteiger partial charge in [-0.05, 0) is 24.1 Å². The number of morpholine rings is 1. The molecule has 2 aromatic carbocycles. The summed E-state index contributed by atoms with van der Waals surface area (Å²) in [6.07, 6.45) is 1.47. The van der Waals surface area contributed by atoms with Crippen LogP contribution in [0.1, 0.15) is 17.2 Å². The summed E-state index contributed by atoms with van der Waals surface area (Å²) in [7, 11) is 0. The highest BCUT2D eigenvalue weighted by atomic mass is 32.1. The number of ether oxygens (including phenoxy) is 1. The normalized spacial score (nSPS) is 15.2. The monoisotopic (exact) mass is 488 g/mol. The van der Waals surface area contributed by atoms with Crippen molar-refractivity contribution in [2.75, 3.05) is 32.8 Å². The molecule has 4 aromatic rings. The van der Waals surface area contributed by atoms with Crippen LogP contribution in [-0.4, -0.2) is 53.2 Å². The van der Waals surface area contributed by atoms with Crippen LogP contribution in [0, 0.1) is 6.92 Å². The largest absolute Gasteiger partial charge is 0.379 e. The Kier molecular flexibility index (Phi) is 7.03. The van der Waals surface area contributed by atoms with Crippen molar-refractivity contribution in [2.45, 2.75) is 19.5 Å². The van der Waals surface area contributed by atoms with Crippen LogP contribution < -0.4 is 10.9 Å². The molecule has 1 N–H and O–H groups in total. The van der Waals surface area contributed by atoms with Crippen molar-refractivity contribution in [2.24, 2.45) is 0 Å². The lowest BCUT2D eigenvalue weighted by Crippen LogP contribution is -2.44. The Labute approximate surface area is 208 Å². The van der Waals surface area contributed by atoms with E-state index in [0.717, 1.165) is 29.1 Å². The number of nitrogens with zero attached hydrogens (tertiary/aromatic N) is 3. The minimum atomic E-state index is -0.217. The molecular formula is C27H28N4O3S. The number of fused-ring (bicyclic) bond motifs is 1. The van der Waals surface area contributed by atoms with Gasteiger partial charge < -0.3 is 10.1 Å². The predicted molar refractivity (Wildman–Crippen MR) is 139 cm³/mol. The van der Waals surface area contributed by atoms with E-state index in [1.165, 1.54) is 27.8 Å². The molecule has 8 heteroatoms. The maximum absolute atomic E-state index is 13.1. The van der Waals surface area contributed by atoms with Crippen LogP contribution >= 0.6 is 11.3 Å². The molecule has 0 unspecified atom stereocenters. The molecule has 1 saturated heterocycles. The maximum Gasteiger partial charge on any atom is 0.262 e. The number of benzene rings is 2. The molecule has 1 fully saturated rings. The van der Waals surface area contributed by atoms with Crippen LogP contribution in [0.15, 0.2) is 71.8 Å². The summed E-state index contributed by atoms with van der Waals surface area (Å²) in [5.41, 5.74) is 3.05. The Balaban J connectivity index is 1.34. The van der Waals surface area contributed by atoms with Gasteiger partial charge >= 0.3 is 0 Å². The van der Waals surface area contributed by atoms with Crippen LogP contribution in [0.4, 0.5) is 0 Å². The van der Waals surface area contributed by atoms with Crippen LogP contribution in [0.3, 0.4) is 0 Å². The second-order valence-electron chi connectivity index (χ2n) is 8.82. The first-order chi connectivity index (χ1) is 17.1. The molecule has 35 heavy (non-hydrogen) atoms. The molecule has 1 aliphatic heterocycles. The Bertz CT molecular complexity index is 1360. The summed E-state index contributed by atoms with van der Waals surface area (Å²) < 4.78 is 6.86. The number of hydrogen-bond donors (Lipinski definition) is 1. The standard InChI is InChI=1S/C27H28N4O3S/c1-19-7-9-20(10-8-19)23(16-30-11-13-34-14-12-30)29-25(32)17-31-18-28-26-22(27(31)33)15-24(35-26)21-5-3-2-4-6-21/h2-10,15,18,23H,11-14,16-17H2,1H3,(H,29,32)/t23-/m0/s1. The quantitative estimate of drug-likeness (QED) is 0.430. The Morgan fingerprint density at radius 3 is 2.60 bits per heavy atom. The number of aromatic nitrogens is 2. The van der Waals surface area contributed by atoms with E-state index in [1.807, 2.05) is 43.3 Å². The van der Waals surface area contributed by atoms with E-state index in [2.05, 4.69) is 39.5 Å². The summed E-state index contributed by atoms with van der Waals surface area (Å²) in [4.78, 5) is 34.6. The van der Waals surface area contributed by atoms with E-state index in [-0.39, 0.29) is 24.1 Å². The predicted octanol–water partition coefficient (Wildman–Crippen LogP) is 3.62. The average Bonchev–Trinajstić information content (AvgIpc) is 3.32. The molecule has 0 radical (unpaired) electrons. The molecule has 0 spiro atoms. The number of rotatable bonds is 7. The van der Waals surface area contributed by atoms with Crippen molar-refractivity contribution in [3.63, 3.8) is 0 Å². The lowest BCUT2D eigenvalue weighted by molar-refractivity contribution is -0.122. The van der Waals surface area contributed by atoms with Gasteiger partial charge in [-0.15, -0.1) is 11.3 Å². The molecule has 180 valence electrons. The zero-order valence-corrected chi connectivity index (χ0v) is 20.5. The second-order valence-corrected chi connectivity index (χ2v) is 9.85. The fourth-order valence-electron chi connectivity index (χ4n) is 4.29.